The summed E-state index contributed by atoms with van der Waals surface area (Å²) < 4.78 is 5.05. The number of ether oxygens (including phenoxy) is 1. The summed E-state index contributed by atoms with van der Waals surface area (Å²) in [5.74, 6) is -1.21. The van der Waals surface area contributed by atoms with Gasteiger partial charge in [-0.1, -0.05) is 12.1 Å². The lowest BCUT2D eigenvalue weighted by Crippen LogP contribution is -2.51. The van der Waals surface area contributed by atoms with Gasteiger partial charge in [0.2, 0.25) is 5.91 Å². The molecule has 23 heavy (non-hydrogen) atoms. The Balaban J connectivity index is 2.15. The second-order valence-electron chi connectivity index (χ2n) is 6.10. The number of carboxylic acid groups (broad SMARTS) is 1. The van der Waals surface area contributed by atoms with E-state index in [2.05, 4.69) is 10.3 Å². The number of carbonyl (C=O) groups excluding carboxylic acids is 1. The maximum atomic E-state index is 12.4. The lowest BCUT2D eigenvalue weighted by atomic mass is 9.98. The number of fused-ring (bicyclic) bond motifs is 1. The number of carboxylic acids is 1. The quantitative estimate of drug-likeness (QED) is 0.728. The molecule has 0 aliphatic rings. The van der Waals surface area contributed by atoms with Gasteiger partial charge in [0, 0.05) is 24.2 Å². The molecule has 1 atom stereocenters. The number of rotatable bonds is 7. The number of aliphatic carboxylic acids is 1. The number of hydrogen-bond acceptors (Lipinski definition) is 3. The van der Waals surface area contributed by atoms with Crippen molar-refractivity contribution in [3.8, 4) is 0 Å². The van der Waals surface area contributed by atoms with E-state index in [9.17, 15) is 9.59 Å². The fraction of sp³-hybridized carbons (Fsp3) is 0.412. The van der Waals surface area contributed by atoms with Gasteiger partial charge in [-0.2, -0.15) is 0 Å². The lowest BCUT2D eigenvalue weighted by molar-refractivity contribution is -0.139. The van der Waals surface area contributed by atoms with E-state index in [1.807, 2.05) is 31.3 Å². The predicted molar refractivity (Wildman–Crippen MR) is 87.4 cm³/mol. The predicted octanol–water partition coefficient (Wildman–Crippen LogP) is 2.01. The van der Waals surface area contributed by atoms with Crippen molar-refractivity contribution in [1.82, 2.24) is 10.3 Å². The van der Waals surface area contributed by atoms with E-state index >= 15 is 0 Å². The average Bonchev–Trinajstić information content (AvgIpc) is 2.81. The number of nitrogens with one attached hydrogen (secondary N) is 2. The van der Waals surface area contributed by atoms with E-state index in [1.54, 1.807) is 6.92 Å². The highest BCUT2D eigenvalue weighted by molar-refractivity contribution is 5.91. The lowest BCUT2D eigenvalue weighted by Gasteiger charge is -2.28. The van der Waals surface area contributed by atoms with Gasteiger partial charge in [0.15, 0.2) is 0 Å². The molecule has 2 aromatic rings. The zero-order valence-corrected chi connectivity index (χ0v) is 13.6. The van der Waals surface area contributed by atoms with Crippen molar-refractivity contribution in [3.63, 3.8) is 0 Å². The monoisotopic (exact) mass is 318 g/mol. The highest BCUT2D eigenvalue weighted by Gasteiger charge is 2.29. The van der Waals surface area contributed by atoms with Crippen LogP contribution in [0.3, 0.4) is 0 Å². The first-order chi connectivity index (χ1) is 10.8. The molecule has 1 amide bonds. The van der Waals surface area contributed by atoms with Crippen molar-refractivity contribution in [1.29, 1.82) is 0 Å². The van der Waals surface area contributed by atoms with Gasteiger partial charge in [-0.25, -0.2) is 0 Å². The Kier molecular flexibility index (Phi) is 5.05. The number of aromatic nitrogens is 1. The Bertz CT molecular complexity index is 722. The summed E-state index contributed by atoms with van der Waals surface area (Å²) in [5, 5.41) is 12.8. The Morgan fingerprint density at radius 3 is 2.78 bits per heavy atom. The van der Waals surface area contributed by atoms with Crippen LogP contribution in [0.25, 0.3) is 10.9 Å². The topological polar surface area (TPSA) is 91.4 Å². The van der Waals surface area contributed by atoms with Crippen molar-refractivity contribution in [2.75, 3.05) is 13.7 Å². The number of H-pyrrole nitrogens is 1. The average molecular weight is 318 g/mol. The van der Waals surface area contributed by atoms with Gasteiger partial charge in [-0.3, -0.25) is 9.59 Å². The standard InChI is InChI=1S/C17H22N2O4/c1-11-5-4-6-13-16(11)12(9-18-13)7-14(20)19-17(2,10-23-3)8-15(21)22/h4-6,9,18H,7-8,10H2,1-3H3,(H,19,20)(H,21,22). The third kappa shape index (κ3) is 4.10. The summed E-state index contributed by atoms with van der Waals surface area (Å²) in [7, 11) is 1.48. The zero-order valence-electron chi connectivity index (χ0n) is 13.6. The number of aromatic amines is 1. The Labute approximate surface area is 134 Å². The second-order valence-corrected chi connectivity index (χ2v) is 6.10. The molecule has 6 heteroatoms. The summed E-state index contributed by atoms with van der Waals surface area (Å²) in [5.41, 5.74) is 2.04. The van der Waals surface area contributed by atoms with Crippen LogP contribution in [0.15, 0.2) is 24.4 Å². The van der Waals surface area contributed by atoms with Crippen LogP contribution >= 0.6 is 0 Å². The van der Waals surface area contributed by atoms with E-state index in [0.29, 0.717) is 0 Å². The number of aryl methyl sites for hydroxylation is 1. The maximum Gasteiger partial charge on any atom is 0.305 e. The van der Waals surface area contributed by atoms with Crippen molar-refractivity contribution >= 4 is 22.8 Å². The number of carbonyl (C=O) groups is 2. The maximum absolute atomic E-state index is 12.4. The fourth-order valence-corrected chi connectivity index (χ4v) is 2.93. The van der Waals surface area contributed by atoms with Crippen molar-refractivity contribution in [2.24, 2.45) is 0 Å². The van der Waals surface area contributed by atoms with E-state index in [4.69, 9.17) is 9.84 Å². The molecule has 124 valence electrons. The third-order valence-corrected chi connectivity index (χ3v) is 3.79. The number of benzene rings is 1. The molecule has 1 unspecified atom stereocenters. The fourth-order valence-electron chi connectivity index (χ4n) is 2.93. The molecule has 0 spiro atoms. The van der Waals surface area contributed by atoms with Gasteiger partial charge < -0.3 is 20.1 Å². The number of amides is 1. The summed E-state index contributed by atoms with van der Waals surface area (Å²) in [6, 6.07) is 5.92. The molecule has 2 rings (SSSR count). The first-order valence-corrected chi connectivity index (χ1v) is 7.42. The molecule has 0 fully saturated rings. The molecular formula is C17H22N2O4. The molecule has 1 heterocycles. The van der Waals surface area contributed by atoms with Crippen LogP contribution in [0.5, 0.6) is 0 Å². The molecular weight excluding hydrogens is 296 g/mol. The smallest absolute Gasteiger partial charge is 0.305 e. The van der Waals surface area contributed by atoms with Crippen LogP contribution in [0.1, 0.15) is 24.5 Å². The SMILES string of the molecule is COCC(C)(CC(=O)O)NC(=O)Cc1c[nH]c2cccc(C)c12. The van der Waals surface area contributed by atoms with E-state index in [0.717, 1.165) is 22.0 Å². The van der Waals surface area contributed by atoms with Crippen LogP contribution in [0, 0.1) is 6.92 Å². The van der Waals surface area contributed by atoms with Gasteiger partial charge in [0.05, 0.1) is 25.0 Å². The summed E-state index contributed by atoms with van der Waals surface area (Å²) in [6.45, 7) is 3.80. The highest BCUT2D eigenvalue weighted by atomic mass is 16.5. The summed E-state index contributed by atoms with van der Waals surface area (Å²) in [6.07, 6.45) is 1.81. The summed E-state index contributed by atoms with van der Waals surface area (Å²) in [4.78, 5) is 26.5. The minimum absolute atomic E-state index is 0.137. The van der Waals surface area contributed by atoms with Crippen molar-refractivity contribution in [2.45, 2.75) is 32.2 Å². The second kappa shape index (κ2) is 6.83. The first kappa shape index (κ1) is 17.0. The van der Waals surface area contributed by atoms with Crippen molar-refractivity contribution < 1.29 is 19.4 Å². The number of methoxy groups -OCH3 is 1. The summed E-state index contributed by atoms with van der Waals surface area (Å²) >= 11 is 0. The molecule has 1 aromatic carbocycles. The molecule has 3 N–H and O–H groups in total. The Morgan fingerprint density at radius 2 is 2.13 bits per heavy atom. The molecule has 0 aliphatic heterocycles. The highest BCUT2D eigenvalue weighted by Crippen LogP contribution is 2.22. The van der Waals surface area contributed by atoms with Crippen LogP contribution < -0.4 is 5.32 Å². The third-order valence-electron chi connectivity index (χ3n) is 3.79. The van der Waals surface area contributed by atoms with Crippen LogP contribution in [-0.2, 0) is 20.7 Å². The molecule has 1 aromatic heterocycles. The Hall–Kier alpha value is -2.34. The normalized spacial score (nSPS) is 13.7. The van der Waals surface area contributed by atoms with E-state index in [1.165, 1.54) is 7.11 Å². The molecule has 6 nitrogen and oxygen atoms in total. The minimum atomic E-state index is -0.979. The van der Waals surface area contributed by atoms with E-state index in [-0.39, 0.29) is 25.4 Å². The zero-order chi connectivity index (χ0) is 17.0. The molecule has 0 bridgehead atoms. The Morgan fingerprint density at radius 1 is 1.39 bits per heavy atom. The van der Waals surface area contributed by atoms with Crippen LogP contribution in [0.2, 0.25) is 0 Å². The first-order valence-electron chi connectivity index (χ1n) is 7.42. The molecule has 0 radical (unpaired) electrons. The van der Waals surface area contributed by atoms with Gasteiger partial charge in [0.1, 0.15) is 0 Å². The van der Waals surface area contributed by atoms with Gasteiger partial charge in [-0.05, 0) is 31.0 Å². The molecule has 0 saturated carbocycles. The largest absolute Gasteiger partial charge is 0.481 e. The molecule has 0 saturated heterocycles. The van der Waals surface area contributed by atoms with Crippen molar-refractivity contribution in [3.05, 3.63) is 35.5 Å². The van der Waals surface area contributed by atoms with Gasteiger partial charge in [0.25, 0.3) is 0 Å². The van der Waals surface area contributed by atoms with Crippen LogP contribution in [0.4, 0.5) is 0 Å². The number of hydrogen-bond donors (Lipinski definition) is 3. The van der Waals surface area contributed by atoms with Gasteiger partial charge in [-0.15, -0.1) is 0 Å². The van der Waals surface area contributed by atoms with Crippen LogP contribution in [-0.4, -0.2) is 41.2 Å². The van der Waals surface area contributed by atoms with E-state index < -0.39 is 11.5 Å². The minimum Gasteiger partial charge on any atom is -0.481 e. The van der Waals surface area contributed by atoms with Gasteiger partial charge >= 0.3 is 5.97 Å². The molecule has 0 aliphatic carbocycles.